The SMILES string of the molecule is O=C(NC1CCN(c2cc(C(F)(F)F)ncn2)CC1)[C@@H]1CC=CCC1. The van der Waals surface area contributed by atoms with Gasteiger partial charge in [-0.1, -0.05) is 12.2 Å². The van der Waals surface area contributed by atoms with Gasteiger partial charge in [-0.05, 0) is 32.1 Å². The highest BCUT2D eigenvalue weighted by Crippen LogP contribution is 2.29. The zero-order valence-corrected chi connectivity index (χ0v) is 13.8. The van der Waals surface area contributed by atoms with Crippen LogP contribution in [0.2, 0.25) is 0 Å². The number of hydrogen-bond donors (Lipinski definition) is 1. The van der Waals surface area contributed by atoms with Crippen LogP contribution in [-0.2, 0) is 11.0 Å². The van der Waals surface area contributed by atoms with Crippen LogP contribution in [0.15, 0.2) is 24.5 Å². The first-order valence-electron chi connectivity index (χ1n) is 8.53. The molecule has 1 aliphatic carbocycles. The van der Waals surface area contributed by atoms with E-state index in [0.29, 0.717) is 25.9 Å². The molecule has 0 saturated carbocycles. The largest absolute Gasteiger partial charge is 0.433 e. The van der Waals surface area contributed by atoms with Gasteiger partial charge in [0, 0.05) is 31.1 Å². The van der Waals surface area contributed by atoms with E-state index >= 15 is 0 Å². The molecule has 0 unspecified atom stereocenters. The summed E-state index contributed by atoms with van der Waals surface area (Å²) in [5.74, 6) is 0.410. The number of halogens is 3. The van der Waals surface area contributed by atoms with Crippen molar-refractivity contribution in [1.29, 1.82) is 0 Å². The number of rotatable bonds is 3. The Bertz CT molecular complexity index is 639. The van der Waals surface area contributed by atoms with Gasteiger partial charge in [-0.15, -0.1) is 0 Å². The minimum absolute atomic E-state index is 0.0410. The second kappa shape index (κ2) is 7.41. The summed E-state index contributed by atoms with van der Waals surface area (Å²) < 4.78 is 38.3. The minimum Gasteiger partial charge on any atom is -0.356 e. The van der Waals surface area contributed by atoms with Crippen LogP contribution >= 0.6 is 0 Å². The van der Waals surface area contributed by atoms with Gasteiger partial charge in [-0.3, -0.25) is 4.79 Å². The van der Waals surface area contributed by atoms with Crippen LogP contribution in [0.4, 0.5) is 19.0 Å². The van der Waals surface area contributed by atoms with Crippen LogP contribution in [0.5, 0.6) is 0 Å². The molecule has 1 N–H and O–H groups in total. The number of nitrogens with one attached hydrogen (secondary N) is 1. The van der Waals surface area contributed by atoms with E-state index in [9.17, 15) is 18.0 Å². The lowest BCUT2D eigenvalue weighted by Gasteiger charge is -2.34. The molecule has 0 spiro atoms. The summed E-state index contributed by atoms with van der Waals surface area (Å²) in [5, 5.41) is 3.08. The van der Waals surface area contributed by atoms with Crippen LogP contribution in [0.25, 0.3) is 0 Å². The highest BCUT2D eigenvalue weighted by atomic mass is 19.4. The monoisotopic (exact) mass is 354 g/mol. The summed E-state index contributed by atoms with van der Waals surface area (Å²) in [5.41, 5.74) is -0.932. The van der Waals surface area contributed by atoms with Gasteiger partial charge in [0.15, 0.2) is 0 Å². The van der Waals surface area contributed by atoms with Gasteiger partial charge >= 0.3 is 6.18 Å². The number of carbonyl (C=O) groups excluding carboxylic acids is 1. The third-order valence-electron chi connectivity index (χ3n) is 4.75. The van der Waals surface area contributed by atoms with E-state index in [-0.39, 0.29) is 23.7 Å². The molecule has 136 valence electrons. The summed E-state index contributed by atoms with van der Waals surface area (Å²) in [4.78, 5) is 21.3. The predicted octanol–water partition coefficient (Wildman–Crippen LogP) is 2.94. The zero-order valence-electron chi connectivity index (χ0n) is 13.8. The maximum atomic E-state index is 12.8. The number of aromatic nitrogens is 2. The molecular weight excluding hydrogens is 333 g/mol. The molecule has 0 bridgehead atoms. The molecule has 0 aromatic carbocycles. The summed E-state index contributed by atoms with van der Waals surface area (Å²) in [6, 6.07) is 1.05. The van der Waals surface area contributed by atoms with Gasteiger partial charge in [-0.25, -0.2) is 9.97 Å². The number of carbonyl (C=O) groups is 1. The fourth-order valence-electron chi connectivity index (χ4n) is 3.28. The van der Waals surface area contributed by atoms with Crippen molar-refractivity contribution >= 4 is 11.7 Å². The predicted molar refractivity (Wildman–Crippen MR) is 86.9 cm³/mol. The Morgan fingerprint density at radius 3 is 2.56 bits per heavy atom. The van der Waals surface area contributed by atoms with E-state index in [0.717, 1.165) is 31.7 Å². The van der Waals surface area contributed by atoms with E-state index in [1.54, 1.807) is 0 Å². The fraction of sp³-hybridized carbons (Fsp3) is 0.588. The maximum absolute atomic E-state index is 12.8. The first kappa shape index (κ1) is 17.7. The summed E-state index contributed by atoms with van der Waals surface area (Å²) >= 11 is 0. The molecule has 1 amide bonds. The normalized spacial score (nSPS) is 22.0. The molecule has 2 aliphatic rings. The van der Waals surface area contributed by atoms with Crippen LogP contribution in [0.3, 0.4) is 0 Å². The molecule has 1 fully saturated rings. The summed E-state index contributed by atoms with van der Waals surface area (Å²) in [6.45, 7) is 1.12. The van der Waals surface area contributed by atoms with Crippen LogP contribution < -0.4 is 10.2 Å². The van der Waals surface area contributed by atoms with Gasteiger partial charge < -0.3 is 10.2 Å². The highest BCUT2D eigenvalue weighted by Gasteiger charge is 2.33. The number of amides is 1. The molecule has 25 heavy (non-hydrogen) atoms. The Balaban J connectivity index is 1.53. The molecule has 1 aliphatic heterocycles. The molecule has 0 radical (unpaired) electrons. The fourth-order valence-corrected chi connectivity index (χ4v) is 3.28. The molecule has 3 rings (SSSR count). The van der Waals surface area contributed by atoms with Crippen molar-refractivity contribution in [3.8, 4) is 0 Å². The number of nitrogens with zero attached hydrogens (tertiary/aromatic N) is 3. The number of anilines is 1. The molecule has 1 atom stereocenters. The quantitative estimate of drug-likeness (QED) is 0.848. The molecule has 8 heteroatoms. The Labute approximate surface area is 144 Å². The smallest absolute Gasteiger partial charge is 0.356 e. The maximum Gasteiger partial charge on any atom is 0.433 e. The van der Waals surface area contributed by atoms with Crippen LogP contribution in [0.1, 0.15) is 37.8 Å². The second-order valence-corrected chi connectivity index (χ2v) is 6.51. The van der Waals surface area contributed by atoms with Gasteiger partial charge in [0.25, 0.3) is 0 Å². The Morgan fingerprint density at radius 2 is 1.92 bits per heavy atom. The molecule has 1 aromatic rings. The van der Waals surface area contributed by atoms with Crippen molar-refractivity contribution < 1.29 is 18.0 Å². The second-order valence-electron chi connectivity index (χ2n) is 6.51. The van der Waals surface area contributed by atoms with E-state index in [1.807, 2.05) is 11.0 Å². The first-order chi connectivity index (χ1) is 11.9. The number of hydrogen-bond acceptors (Lipinski definition) is 4. The number of piperidine rings is 1. The van der Waals surface area contributed by atoms with Crippen molar-refractivity contribution in [2.75, 3.05) is 18.0 Å². The number of alkyl halides is 3. The zero-order chi connectivity index (χ0) is 17.9. The van der Waals surface area contributed by atoms with E-state index in [2.05, 4.69) is 21.4 Å². The van der Waals surface area contributed by atoms with E-state index < -0.39 is 11.9 Å². The first-order valence-corrected chi connectivity index (χ1v) is 8.53. The topological polar surface area (TPSA) is 58.1 Å². The Hall–Kier alpha value is -2.12. The summed E-state index contributed by atoms with van der Waals surface area (Å²) in [6.07, 6.45) is 4.60. The van der Waals surface area contributed by atoms with E-state index in [1.165, 1.54) is 0 Å². The third kappa shape index (κ3) is 4.49. The van der Waals surface area contributed by atoms with E-state index in [4.69, 9.17) is 0 Å². The molecule has 1 aromatic heterocycles. The minimum atomic E-state index is -4.47. The third-order valence-corrected chi connectivity index (χ3v) is 4.75. The summed E-state index contributed by atoms with van der Waals surface area (Å²) in [7, 11) is 0. The Kier molecular flexibility index (Phi) is 5.24. The van der Waals surface area contributed by atoms with Crippen molar-refractivity contribution in [3.63, 3.8) is 0 Å². The molecule has 1 saturated heterocycles. The van der Waals surface area contributed by atoms with Gasteiger partial charge in [-0.2, -0.15) is 13.2 Å². The van der Waals surface area contributed by atoms with Crippen molar-refractivity contribution in [2.45, 2.75) is 44.3 Å². The van der Waals surface area contributed by atoms with Gasteiger partial charge in [0.2, 0.25) is 5.91 Å². The van der Waals surface area contributed by atoms with Crippen molar-refractivity contribution in [2.24, 2.45) is 5.92 Å². The van der Waals surface area contributed by atoms with Crippen LogP contribution in [0, 0.1) is 5.92 Å². The standard InChI is InChI=1S/C17H21F3N4O/c18-17(19,20)14-10-15(22-11-21-14)24-8-6-13(7-9-24)23-16(25)12-4-2-1-3-5-12/h1-2,10-13H,3-9H2,(H,23,25)/t12-/m1/s1. The Morgan fingerprint density at radius 1 is 1.16 bits per heavy atom. The lowest BCUT2D eigenvalue weighted by molar-refractivity contribution is -0.141. The molecular formula is C17H21F3N4O. The van der Waals surface area contributed by atoms with Crippen molar-refractivity contribution in [1.82, 2.24) is 15.3 Å². The average molecular weight is 354 g/mol. The molecule has 2 heterocycles. The highest BCUT2D eigenvalue weighted by molar-refractivity contribution is 5.79. The molecule has 5 nitrogen and oxygen atoms in total. The van der Waals surface area contributed by atoms with Crippen molar-refractivity contribution in [3.05, 3.63) is 30.2 Å². The van der Waals surface area contributed by atoms with Crippen LogP contribution in [-0.4, -0.2) is 35.0 Å². The lowest BCUT2D eigenvalue weighted by Crippen LogP contribution is -2.46. The van der Waals surface area contributed by atoms with Gasteiger partial charge in [0.05, 0.1) is 0 Å². The lowest BCUT2D eigenvalue weighted by atomic mass is 9.93. The number of allylic oxidation sites excluding steroid dienone is 2. The average Bonchev–Trinajstić information content (AvgIpc) is 2.62. The van der Waals surface area contributed by atoms with Gasteiger partial charge in [0.1, 0.15) is 17.8 Å².